The molecule has 160 valence electrons. The summed E-state index contributed by atoms with van der Waals surface area (Å²) >= 11 is 6.48. The van der Waals surface area contributed by atoms with Gasteiger partial charge in [-0.3, -0.25) is 10.1 Å². The molecule has 0 aromatic heterocycles. The Kier molecular flexibility index (Phi) is 8.25. The first-order chi connectivity index (χ1) is 15.3. The van der Waals surface area contributed by atoms with Gasteiger partial charge < -0.3 is 0 Å². The molecule has 0 unspecified atom stereocenters. The fourth-order valence-corrected chi connectivity index (χ4v) is 8.28. The van der Waals surface area contributed by atoms with Crippen molar-refractivity contribution in [3.63, 3.8) is 0 Å². The highest BCUT2D eigenvalue weighted by atomic mass is 35.5. The Morgan fingerprint density at radius 1 is 0.625 bits per heavy atom. The molecule has 0 atom stereocenters. The van der Waals surface area contributed by atoms with E-state index in [2.05, 4.69) is 41.7 Å². The minimum Gasteiger partial charge on any atom is -0.291 e. The molecule has 0 heterocycles. The van der Waals surface area contributed by atoms with Crippen LogP contribution < -0.4 is 21.2 Å². The lowest BCUT2D eigenvalue weighted by Gasteiger charge is -2.29. The second-order valence-electron chi connectivity index (χ2n) is 6.99. The normalized spacial score (nSPS) is 11.3. The maximum Gasteiger partial charge on any atom is 0.258 e. The molecule has 0 aliphatic heterocycles. The highest BCUT2D eigenvalue weighted by Crippen LogP contribution is 2.61. The first-order valence-corrected chi connectivity index (χ1v) is 12.2. The summed E-state index contributed by atoms with van der Waals surface area (Å²) in [5, 5.41) is 6.51. The molecule has 1 N–H and O–H groups in total. The Hall–Kier alpha value is -2.90. The summed E-state index contributed by atoms with van der Waals surface area (Å²) in [6.07, 6.45) is 0. The van der Waals surface area contributed by atoms with Gasteiger partial charge in [-0.25, -0.2) is 0 Å². The maximum atomic E-state index is 13.2. The number of nitrogens with one attached hydrogen (secondary N) is 1. The fourth-order valence-electron chi connectivity index (χ4n) is 3.78. The lowest BCUT2D eigenvalue weighted by atomic mass is 10.2. The molecule has 4 rings (SSSR count). The maximum absolute atomic E-state index is 13.2. The van der Waals surface area contributed by atoms with Gasteiger partial charge in [0.1, 0.15) is 15.9 Å². The van der Waals surface area contributed by atoms with Crippen LogP contribution in [0.2, 0.25) is 0 Å². The van der Waals surface area contributed by atoms with Crippen molar-refractivity contribution in [3.05, 3.63) is 138 Å². The van der Waals surface area contributed by atoms with Crippen molar-refractivity contribution in [2.24, 2.45) is 0 Å². The minimum absolute atomic E-state index is 0. The molecule has 32 heavy (non-hydrogen) atoms. The summed E-state index contributed by atoms with van der Waals surface area (Å²) < 4.78 is 0. The van der Waals surface area contributed by atoms with Gasteiger partial charge in [-0.05, 0) is 48.5 Å². The van der Waals surface area contributed by atoms with E-state index in [0.717, 1.165) is 15.9 Å². The molecule has 0 saturated heterocycles. The van der Waals surface area contributed by atoms with Crippen LogP contribution in [0.3, 0.4) is 0 Å². The number of carbonyl (C=O) groups excluding carboxylic acids is 1. The van der Waals surface area contributed by atoms with Crippen molar-refractivity contribution >= 4 is 53.1 Å². The van der Waals surface area contributed by atoms with Crippen LogP contribution in [-0.4, -0.2) is 5.91 Å². The van der Waals surface area contributed by atoms with Gasteiger partial charge in [0.05, 0.1) is 5.54 Å². The predicted octanol–water partition coefficient (Wildman–Crippen LogP) is 5.87. The highest BCUT2D eigenvalue weighted by molar-refractivity contribution is 7.99. The van der Waals surface area contributed by atoms with Crippen LogP contribution >= 0.6 is 31.3 Å². The van der Waals surface area contributed by atoms with E-state index in [1.54, 1.807) is 12.1 Å². The predicted molar refractivity (Wildman–Crippen MR) is 140 cm³/mol. The molecule has 5 heteroatoms. The van der Waals surface area contributed by atoms with Gasteiger partial charge in [-0.2, -0.15) is 0 Å². The van der Waals surface area contributed by atoms with Gasteiger partial charge in [0.15, 0.2) is 12.7 Å². The van der Waals surface area contributed by atoms with Crippen LogP contribution in [0.25, 0.3) is 0 Å². The zero-order chi connectivity index (χ0) is 21.5. The minimum atomic E-state index is -2.44. The van der Waals surface area contributed by atoms with E-state index in [0.29, 0.717) is 11.0 Å². The second kappa shape index (κ2) is 11.1. The summed E-state index contributed by atoms with van der Waals surface area (Å²) in [4.78, 5) is 13.2. The molecular weight excluding hydrogens is 456 g/mol. The number of carbonyl (C=O) groups is 1. The van der Waals surface area contributed by atoms with Crippen molar-refractivity contribution in [2.75, 3.05) is 0 Å². The van der Waals surface area contributed by atoms with E-state index < -0.39 is 7.26 Å². The quantitative estimate of drug-likeness (QED) is 0.345. The molecule has 4 aromatic rings. The lowest BCUT2D eigenvalue weighted by Crippen LogP contribution is -2.38. The zero-order valence-electron chi connectivity index (χ0n) is 17.3. The first-order valence-electron chi connectivity index (χ1n) is 10.00. The average Bonchev–Trinajstić information content (AvgIpc) is 2.86. The van der Waals surface area contributed by atoms with Crippen molar-refractivity contribution in [1.29, 1.82) is 0 Å². The molecule has 0 aliphatic carbocycles. The Labute approximate surface area is 200 Å². The Balaban J connectivity index is 0.00000289. The Morgan fingerprint density at radius 3 is 1.31 bits per heavy atom. The van der Waals surface area contributed by atoms with E-state index in [1.165, 1.54) is 5.54 Å². The van der Waals surface area contributed by atoms with Crippen LogP contribution in [0.1, 0.15) is 10.4 Å². The van der Waals surface area contributed by atoms with Gasteiger partial charge >= 0.3 is 0 Å². The standard InChI is InChI=1S/C27H21ClNOP.ClH/c28-21-26(29-27(30)22-13-5-1-6-14-22)31(23-15-7-2-8-16-23,24-17-9-3-10-18-24)25-19-11-4-12-20-25;/h1-21H;1H/p+1/b26-21+;. The van der Waals surface area contributed by atoms with E-state index in [-0.39, 0.29) is 18.3 Å². The number of hydrogen-bond donors (Lipinski definition) is 1. The molecule has 2 nitrogen and oxygen atoms in total. The van der Waals surface area contributed by atoms with E-state index in [1.807, 2.05) is 72.8 Å². The molecule has 0 aliphatic rings. The number of amides is 1. The smallest absolute Gasteiger partial charge is 0.258 e. The summed E-state index contributed by atoms with van der Waals surface area (Å²) in [5.41, 5.74) is 2.82. The first kappa shape index (κ1) is 23.8. The molecule has 4 aromatic carbocycles. The van der Waals surface area contributed by atoms with Gasteiger partial charge in [-0.15, -0.1) is 12.4 Å². The van der Waals surface area contributed by atoms with Gasteiger partial charge in [0, 0.05) is 5.56 Å². The van der Waals surface area contributed by atoms with Crippen molar-refractivity contribution in [3.8, 4) is 0 Å². The van der Waals surface area contributed by atoms with Gasteiger partial charge in [0.25, 0.3) is 5.91 Å². The summed E-state index contributed by atoms with van der Waals surface area (Å²) in [7, 11) is -2.44. The summed E-state index contributed by atoms with van der Waals surface area (Å²) in [6, 6.07) is 40.1. The molecule has 0 saturated carbocycles. The van der Waals surface area contributed by atoms with E-state index in [4.69, 9.17) is 11.6 Å². The van der Waals surface area contributed by atoms with Crippen LogP contribution in [0.4, 0.5) is 0 Å². The van der Waals surface area contributed by atoms with Crippen LogP contribution in [-0.2, 0) is 0 Å². The second-order valence-corrected chi connectivity index (χ2v) is 10.6. The fraction of sp³-hybridized carbons (Fsp3) is 0. The third kappa shape index (κ3) is 4.64. The topological polar surface area (TPSA) is 29.1 Å². The highest BCUT2D eigenvalue weighted by Gasteiger charge is 2.50. The van der Waals surface area contributed by atoms with E-state index >= 15 is 0 Å². The average molecular weight is 479 g/mol. The number of halogens is 2. The monoisotopic (exact) mass is 478 g/mol. The third-order valence-electron chi connectivity index (χ3n) is 5.17. The number of rotatable bonds is 6. The Bertz CT molecular complexity index is 1070. The van der Waals surface area contributed by atoms with E-state index in [9.17, 15) is 4.79 Å². The molecule has 0 spiro atoms. The Morgan fingerprint density at radius 2 is 0.969 bits per heavy atom. The molecule has 0 fully saturated rings. The number of benzene rings is 4. The van der Waals surface area contributed by atoms with Crippen molar-refractivity contribution in [2.45, 2.75) is 0 Å². The third-order valence-corrected chi connectivity index (χ3v) is 9.72. The molecule has 0 radical (unpaired) electrons. The molecule has 0 bridgehead atoms. The van der Waals surface area contributed by atoms with Gasteiger partial charge in [-0.1, -0.05) is 84.4 Å². The van der Waals surface area contributed by atoms with Crippen LogP contribution in [0, 0.1) is 0 Å². The van der Waals surface area contributed by atoms with Crippen molar-refractivity contribution < 1.29 is 4.79 Å². The summed E-state index contributed by atoms with van der Waals surface area (Å²) in [5.74, 6) is -0.181. The number of hydrogen-bond acceptors (Lipinski definition) is 1. The van der Waals surface area contributed by atoms with Gasteiger partial charge in [0.2, 0.25) is 0 Å². The van der Waals surface area contributed by atoms with Crippen LogP contribution in [0.5, 0.6) is 0 Å². The SMILES string of the molecule is Cl.O=C(N/C(=C\Cl)[P+](c1ccccc1)(c1ccccc1)c1ccccc1)c1ccccc1. The summed E-state index contributed by atoms with van der Waals surface area (Å²) in [6.45, 7) is 0. The zero-order valence-corrected chi connectivity index (χ0v) is 19.7. The van der Waals surface area contributed by atoms with Crippen molar-refractivity contribution in [1.82, 2.24) is 5.32 Å². The molecular formula is C27H23Cl2NOP+. The lowest BCUT2D eigenvalue weighted by molar-refractivity contribution is 0.0968. The van der Waals surface area contributed by atoms with Crippen LogP contribution in [0.15, 0.2) is 132 Å². The molecule has 1 amide bonds. The largest absolute Gasteiger partial charge is 0.291 e.